The van der Waals surface area contributed by atoms with Crippen molar-refractivity contribution in [3.8, 4) is 0 Å². The third-order valence-electron chi connectivity index (χ3n) is 2.90. The van der Waals surface area contributed by atoms with Crippen LogP contribution in [0.3, 0.4) is 0 Å². The second-order valence-corrected chi connectivity index (χ2v) is 7.93. The van der Waals surface area contributed by atoms with Crippen molar-refractivity contribution in [3.05, 3.63) is 23.8 Å². The smallest absolute Gasteiger partial charge is 0.407 e. The molecule has 0 saturated carbocycles. The molecule has 1 rings (SSSR count). The van der Waals surface area contributed by atoms with Gasteiger partial charge in [-0.15, -0.1) is 0 Å². The first-order chi connectivity index (χ1) is 10.5. The van der Waals surface area contributed by atoms with Crippen LogP contribution in [-0.2, 0) is 14.8 Å². The molecule has 0 bridgehead atoms. The number of amides is 1. The summed E-state index contributed by atoms with van der Waals surface area (Å²) in [6.07, 6.45) is -0.484. The van der Waals surface area contributed by atoms with E-state index in [4.69, 9.17) is 4.74 Å². The second-order valence-electron chi connectivity index (χ2n) is 6.04. The van der Waals surface area contributed by atoms with Crippen molar-refractivity contribution in [3.63, 3.8) is 0 Å². The number of carbonyl (C=O) groups excluding carboxylic acids is 1. The summed E-state index contributed by atoms with van der Waals surface area (Å²) in [5.74, 6) is 0. The highest BCUT2D eigenvalue weighted by atomic mass is 32.2. The molecule has 8 heteroatoms. The molecule has 0 aliphatic carbocycles. The van der Waals surface area contributed by atoms with E-state index in [9.17, 15) is 13.2 Å². The fourth-order valence-corrected chi connectivity index (χ4v) is 2.51. The first-order valence-electron chi connectivity index (χ1n) is 7.30. The molecule has 0 saturated heterocycles. The Balaban J connectivity index is 2.59. The SMILES string of the molecule is CNS(=O)(=O)c1ccc(C)c(NCCNC(=O)OC(C)(C)C)c1. The molecule has 1 amide bonds. The van der Waals surface area contributed by atoms with E-state index in [0.29, 0.717) is 18.8 Å². The zero-order valence-electron chi connectivity index (χ0n) is 14.2. The third-order valence-corrected chi connectivity index (χ3v) is 4.31. The van der Waals surface area contributed by atoms with Crippen LogP contribution in [0, 0.1) is 6.92 Å². The molecule has 0 heterocycles. The van der Waals surface area contributed by atoms with E-state index in [1.165, 1.54) is 7.05 Å². The molecule has 23 heavy (non-hydrogen) atoms. The van der Waals surface area contributed by atoms with Gasteiger partial charge >= 0.3 is 6.09 Å². The Labute approximate surface area is 137 Å². The van der Waals surface area contributed by atoms with Crippen LogP contribution < -0.4 is 15.4 Å². The number of sulfonamides is 1. The summed E-state index contributed by atoms with van der Waals surface area (Å²) in [6.45, 7) is 8.06. The van der Waals surface area contributed by atoms with Crippen molar-refractivity contribution in [2.45, 2.75) is 38.2 Å². The zero-order valence-corrected chi connectivity index (χ0v) is 15.0. The molecule has 0 aliphatic heterocycles. The molecule has 7 nitrogen and oxygen atoms in total. The first-order valence-corrected chi connectivity index (χ1v) is 8.78. The van der Waals surface area contributed by atoms with Crippen molar-refractivity contribution >= 4 is 21.8 Å². The molecule has 1 aromatic carbocycles. The summed E-state index contributed by atoms with van der Waals surface area (Å²) in [7, 11) is -2.11. The molecule has 3 N–H and O–H groups in total. The van der Waals surface area contributed by atoms with Gasteiger partial charge in [-0.2, -0.15) is 0 Å². The predicted molar refractivity (Wildman–Crippen MR) is 90.2 cm³/mol. The van der Waals surface area contributed by atoms with Gasteiger partial charge in [-0.05, 0) is 52.4 Å². The van der Waals surface area contributed by atoms with Crippen LogP contribution in [-0.4, -0.2) is 40.2 Å². The summed E-state index contributed by atoms with van der Waals surface area (Å²) >= 11 is 0. The Morgan fingerprint density at radius 2 is 1.87 bits per heavy atom. The Bertz CT molecular complexity index is 651. The molecule has 0 atom stereocenters. The molecule has 0 unspecified atom stereocenters. The average molecular weight is 343 g/mol. The quantitative estimate of drug-likeness (QED) is 0.685. The molecule has 130 valence electrons. The number of nitrogens with one attached hydrogen (secondary N) is 3. The average Bonchev–Trinajstić information content (AvgIpc) is 2.43. The monoisotopic (exact) mass is 343 g/mol. The maximum absolute atomic E-state index is 11.8. The summed E-state index contributed by atoms with van der Waals surface area (Å²) in [5, 5.41) is 5.74. The summed E-state index contributed by atoms with van der Waals surface area (Å²) < 4.78 is 31.0. The Morgan fingerprint density at radius 3 is 2.43 bits per heavy atom. The van der Waals surface area contributed by atoms with Gasteiger partial charge in [-0.3, -0.25) is 0 Å². The van der Waals surface area contributed by atoms with E-state index in [0.717, 1.165) is 5.56 Å². The molecular formula is C15H25N3O4S. The standard InChI is InChI=1S/C15H25N3O4S/c1-11-6-7-12(23(20,21)16-5)10-13(11)17-8-9-18-14(19)22-15(2,3)4/h6-7,10,16-17H,8-9H2,1-5H3,(H,18,19). The minimum atomic E-state index is -3.48. The van der Waals surface area contributed by atoms with Gasteiger partial charge in [0.05, 0.1) is 4.90 Å². The number of anilines is 1. The van der Waals surface area contributed by atoms with Crippen molar-refractivity contribution in [2.75, 3.05) is 25.5 Å². The van der Waals surface area contributed by atoms with Crippen molar-refractivity contribution < 1.29 is 17.9 Å². The Kier molecular flexibility index (Phi) is 6.40. The van der Waals surface area contributed by atoms with Gasteiger partial charge < -0.3 is 15.4 Å². The lowest BCUT2D eigenvalue weighted by atomic mass is 10.2. The number of carbonyl (C=O) groups is 1. The van der Waals surface area contributed by atoms with Crippen LogP contribution in [0.2, 0.25) is 0 Å². The molecule has 0 spiro atoms. The predicted octanol–water partition coefficient (Wildman–Crippen LogP) is 1.84. The maximum Gasteiger partial charge on any atom is 0.407 e. The van der Waals surface area contributed by atoms with Crippen LogP contribution in [0.5, 0.6) is 0 Å². The van der Waals surface area contributed by atoms with E-state index in [-0.39, 0.29) is 4.90 Å². The number of rotatable bonds is 6. The number of aryl methyl sites for hydroxylation is 1. The van der Waals surface area contributed by atoms with Gasteiger partial charge in [0.2, 0.25) is 10.0 Å². The van der Waals surface area contributed by atoms with Gasteiger partial charge in [-0.1, -0.05) is 6.07 Å². The van der Waals surface area contributed by atoms with Gasteiger partial charge in [-0.25, -0.2) is 17.9 Å². The highest BCUT2D eigenvalue weighted by molar-refractivity contribution is 7.89. The first kappa shape index (κ1) is 19.2. The van der Waals surface area contributed by atoms with Gasteiger partial charge in [0.1, 0.15) is 5.60 Å². The minimum absolute atomic E-state index is 0.188. The third kappa shape index (κ3) is 6.45. The minimum Gasteiger partial charge on any atom is -0.444 e. The topological polar surface area (TPSA) is 96.5 Å². The summed E-state index contributed by atoms with van der Waals surface area (Å²) in [5.41, 5.74) is 1.08. The summed E-state index contributed by atoms with van der Waals surface area (Å²) in [4.78, 5) is 11.7. The summed E-state index contributed by atoms with van der Waals surface area (Å²) in [6, 6.07) is 4.84. The van der Waals surface area contributed by atoms with Crippen molar-refractivity contribution in [1.29, 1.82) is 0 Å². The molecule has 1 aromatic rings. The number of hydrogen-bond acceptors (Lipinski definition) is 5. The van der Waals surface area contributed by atoms with Gasteiger partial charge in [0.25, 0.3) is 0 Å². The van der Waals surface area contributed by atoms with Crippen LogP contribution in [0.4, 0.5) is 10.5 Å². The van der Waals surface area contributed by atoms with Gasteiger partial charge in [0, 0.05) is 18.8 Å². The number of hydrogen-bond donors (Lipinski definition) is 3. The second kappa shape index (κ2) is 7.65. The van der Waals surface area contributed by atoms with E-state index in [1.807, 2.05) is 6.92 Å². The normalized spacial score (nSPS) is 11.9. The van der Waals surface area contributed by atoms with Crippen LogP contribution in [0.1, 0.15) is 26.3 Å². The van der Waals surface area contributed by atoms with Crippen LogP contribution >= 0.6 is 0 Å². The fraction of sp³-hybridized carbons (Fsp3) is 0.533. The highest BCUT2D eigenvalue weighted by Crippen LogP contribution is 2.19. The van der Waals surface area contributed by atoms with E-state index in [2.05, 4.69) is 15.4 Å². The van der Waals surface area contributed by atoms with Gasteiger partial charge in [0.15, 0.2) is 0 Å². The Hall–Kier alpha value is -1.80. The lowest BCUT2D eigenvalue weighted by Crippen LogP contribution is -2.35. The zero-order chi connectivity index (χ0) is 17.7. The van der Waals surface area contributed by atoms with E-state index >= 15 is 0 Å². The number of benzene rings is 1. The van der Waals surface area contributed by atoms with E-state index in [1.54, 1.807) is 39.0 Å². The van der Waals surface area contributed by atoms with Crippen LogP contribution in [0.15, 0.2) is 23.1 Å². The highest BCUT2D eigenvalue weighted by Gasteiger charge is 2.15. The molecule has 0 aromatic heterocycles. The van der Waals surface area contributed by atoms with Crippen molar-refractivity contribution in [1.82, 2.24) is 10.0 Å². The van der Waals surface area contributed by atoms with E-state index < -0.39 is 21.7 Å². The van der Waals surface area contributed by atoms with Crippen molar-refractivity contribution in [2.24, 2.45) is 0 Å². The van der Waals surface area contributed by atoms with Crippen LogP contribution in [0.25, 0.3) is 0 Å². The maximum atomic E-state index is 11.8. The molecule has 0 radical (unpaired) electrons. The fourth-order valence-electron chi connectivity index (χ4n) is 1.75. The lowest BCUT2D eigenvalue weighted by Gasteiger charge is -2.20. The number of ether oxygens (including phenoxy) is 1. The largest absolute Gasteiger partial charge is 0.444 e. The number of alkyl carbamates (subject to hydrolysis) is 1. The molecular weight excluding hydrogens is 318 g/mol. The Morgan fingerprint density at radius 1 is 1.22 bits per heavy atom. The molecule has 0 fully saturated rings. The lowest BCUT2D eigenvalue weighted by molar-refractivity contribution is 0.0530. The molecule has 0 aliphatic rings.